The molecule has 3 aromatic heterocycles. The lowest BCUT2D eigenvalue weighted by molar-refractivity contribution is -0.126. The van der Waals surface area contributed by atoms with Crippen molar-refractivity contribution in [2.24, 2.45) is 0 Å². The summed E-state index contributed by atoms with van der Waals surface area (Å²) in [6.07, 6.45) is 2.90. The molecule has 5 heterocycles. The van der Waals surface area contributed by atoms with Gasteiger partial charge in [-0.15, -0.1) is 0 Å². The van der Waals surface area contributed by atoms with Crippen LogP contribution >= 0.6 is 11.6 Å². The number of hydrogen-bond acceptors (Lipinski definition) is 8. The lowest BCUT2D eigenvalue weighted by Gasteiger charge is -2.40. The smallest absolute Gasteiger partial charge is 0.355 e. The summed E-state index contributed by atoms with van der Waals surface area (Å²) in [4.78, 5) is 43.8. The largest absolute Gasteiger partial charge is 0.507 e. The Morgan fingerprint density at radius 3 is 2.71 bits per heavy atom. The number of nitrogens with zero attached hydrogens (tertiary/aromatic N) is 6. The van der Waals surface area contributed by atoms with Crippen LogP contribution in [0.4, 0.5) is 10.2 Å². The van der Waals surface area contributed by atoms with Gasteiger partial charge in [0.25, 0.3) is 0 Å². The average Bonchev–Trinajstić information content (AvgIpc) is 3.11. The van der Waals surface area contributed by atoms with Crippen molar-refractivity contribution in [3.63, 3.8) is 0 Å². The Hall–Kier alpha value is -4.51. The summed E-state index contributed by atoms with van der Waals surface area (Å²) in [6, 6.07) is 6.96. The van der Waals surface area contributed by atoms with Crippen LogP contribution in [-0.2, 0) is 10.2 Å². The highest BCUT2D eigenvalue weighted by Crippen LogP contribution is 2.47. The quantitative estimate of drug-likeness (QED) is 0.353. The maximum absolute atomic E-state index is 15.2. The van der Waals surface area contributed by atoms with Gasteiger partial charge in [-0.2, -0.15) is 4.98 Å². The standard InChI is InChI=1S/C30H28ClFN6O4/c1-5-20(40)36-12-13-37-16(14-36)15-42-25-22-27(37)35-29(41)38(18-9-7-11-33-26(18)30(2,3)4)28(22)34-24(23(25)31)21-17(32)8-6-10-19(21)39/h5-11,16,39H,1,12-15H2,2-4H3/t16-/m1/s1. The molecule has 1 saturated heterocycles. The highest BCUT2D eigenvalue weighted by molar-refractivity contribution is 6.36. The number of pyridine rings is 2. The molecule has 42 heavy (non-hydrogen) atoms. The number of benzene rings is 1. The number of rotatable bonds is 3. The number of carbonyl (C=O) groups excluding carboxylic acids is 1. The number of amides is 1. The first-order chi connectivity index (χ1) is 20.0. The number of aromatic hydroxyl groups is 1. The molecule has 0 unspecified atom stereocenters. The van der Waals surface area contributed by atoms with Crippen molar-refractivity contribution in [2.45, 2.75) is 32.2 Å². The van der Waals surface area contributed by atoms with Gasteiger partial charge in [0, 0.05) is 31.2 Å². The number of phenols is 1. The van der Waals surface area contributed by atoms with Gasteiger partial charge in [0.1, 0.15) is 40.1 Å². The molecule has 0 spiro atoms. The van der Waals surface area contributed by atoms with Crippen molar-refractivity contribution in [3.05, 3.63) is 76.2 Å². The molecule has 1 N–H and O–H groups in total. The first-order valence-corrected chi connectivity index (χ1v) is 13.8. The molecule has 12 heteroatoms. The summed E-state index contributed by atoms with van der Waals surface area (Å²) < 4.78 is 22.8. The molecule has 2 aliphatic rings. The van der Waals surface area contributed by atoms with Crippen molar-refractivity contribution in [1.29, 1.82) is 0 Å². The minimum absolute atomic E-state index is 0.0442. The number of fused-ring (bicyclic) bond motifs is 2. The molecule has 0 bridgehead atoms. The predicted molar refractivity (Wildman–Crippen MR) is 157 cm³/mol. The lowest BCUT2D eigenvalue weighted by Crippen LogP contribution is -2.56. The fourth-order valence-corrected chi connectivity index (χ4v) is 5.88. The lowest BCUT2D eigenvalue weighted by atomic mass is 9.90. The van der Waals surface area contributed by atoms with Gasteiger partial charge < -0.3 is 19.6 Å². The van der Waals surface area contributed by atoms with E-state index in [1.54, 1.807) is 23.2 Å². The van der Waals surface area contributed by atoms with Crippen LogP contribution in [0.15, 0.2) is 54.0 Å². The van der Waals surface area contributed by atoms with Gasteiger partial charge in [-0.3, -0.25) is 9.78 Å². The Kier molecular flexibility index (Phi) is 6.64. The fourth-order valence-electron chi connectivity index (χ4n) is 5.59. The van der Waals surface area contributed by atoms with Crippen LogP contribution in [0.2, 0.25) is 5.02 Å². The van der Waals surface area contributed by atoms with Crippen molar-refractivity contribution in [2.75, 3.05) is 31.1 Å². The highest BCUT2D eigenvalue weighted by Gasteiger charge is 2.37. The Bertz CT molecular complexity index is 1820. The van der Waals surface area contributed by atoms with Gasteiger partial charge in [0.05, 0.1) is 23.0 Å². The highest BCUT2D eigenvalue weighted by atomic mass is 35.5. The molecule has 0 aliphatic carbocycles. The maximum Gasteiger partial charge on any atom is 0.355 e. The van der Waals surface area contributed by atoms with E-state index in [-0.39, 0.29) is 52.0 Å². The molecule has 0 radical (unpaired) electrons. The molecule has 1 amide bonds. The molecule has 2 aliphatic heterocycles. The molecule has 6 rings (SSSR count). The van der Waals surface area contributed by atoms with Crippen molar-refractivity contribution in [1.82, 2.24) is 24.4 Å². The molecule has 10 nitrogen and oxygen atoms in total. The van der Waals surface area contributed by atoms with Crippen LogP contribution in [0.3, 0.4) is 0 Å². The second-order valence-corrected chi connectivity index (χ2v) is 11.6. The zero-order valence-corrected chi connectivity index (χ0v) is 24.0. The third kappa shape index (κ3) is 4.35. The number of halogens is 2. The molecule has 216 valence electrons. The molecular weight excluding hydrogens is 563 g/mol. The van der Waals surface area contributed by atoms with Gasteiger partial charge in [-0.25, -0.2) is 18.7 Å². The van der Waals surface area contributed by atoms with E-state index < -0.39 is 16.9 Å². The van der Waals surface area contributed by atoms with Crippen LogP contribution in [-0.4, -0.2) is 67.7 Å². The van der Waals surface area contributed by atoms with Crippen LogP contribution in [0, 0.1) is 5.82 Å². The van der Waals surface area contributed by atoms with Gasteiger partial charge >= 0.3 is 5.69 Å². The maximum atomic E-state index is 15.2. The van der Waals surface area contributed by atoms with Gasteiger partial charge in [-0.05, 0) is 30.3 Å². The fraction of sp³-hybridized carbons (Fsp3) is 0.300. The summed E-state index contributed by atoms with van der Waals surface area (Å²) >= 11 is 6.90. The minimum atomic E-state index is -0.750. The van der Waals surface area contributed by atoms with Gasteiger partial charge in [-0.1, -0.05) is 45.0 Å². The normalized spacial score (nSPS) is 16.5. The Morgan fingerprint density at radius 2 is 2.00 bits per heavy atom. The van der Waals surface area contributed by atoms with Crippen molar-refractivity contribution >= 4 is 34.4 Å². The average molecular weight is 591 g/mol. The van der Waals surface area contributed by atoms with Crippen LogP contribution in [0.5, 0.6) is 11.5 Å². The number of carbonyl (C=O) groups is 1. The van der Waals surface area contributed by atoms with E-state index in [4.69, 9.17) is 21.3 Å². The number of anilines is 1. The number of hydrogen-bond donors (Lipinski definition) is 1. The van der Waals surface area contributed by atoms with E-state index in [2.05, 4.69) is 16.5 Å². The van der Waals surface area contributed by atoms with E-state index in [0.717, 1.165) is 0 Å². The molecular formula is C30H28ClFN6O4. The molecule has 1 fully saturated rings. The van der Waals surface area contributed by atoms with E-state index in [0.29, 0.717) is 42.2 Å². The summed E-state index contributed by atoms with van der Waals surface area (Å²) in [5, 5.41) is 11.0. The van der Waals surface area contributed by atoms with E-state index in [9.17, 15) is 14.7 Å². The first kappa shape index (κ1) is 27.6. The minimum Gasteiger partial charge on any atom is -0.507 e. The van der Waals surface area contributed by atoms with Gasteiger partial charge in [0.2, 0.25) is 5.91 Å². The second-order valence-electron chi connectivity index (χ2n) is 11.3. The third-order valence-corrected chi connectivity index (χ3v) is 7.88. The number of aromatic nitrogens is 4. The molecule has 4 aromatic rings. The van der Waals surface area contributed by atoms with Crippen LogP contribution in [0.25, 0.3) is 28.0 Å². The Balaban J connectivity index is 1.70. The molecule has 1 aromatic carbocycles. The SMILES string of the molecule is C=CC(=O)N1CCN2c3nc(=O)n(-c4cccnc4C(C)(C)C)c4nc(-c5c(O)cccc5F)c(Cl)c(c34)OC[C@H]2C1. The number of ether oxygens (including phenoxy) is 1. The summed E-state index contributed by atoms with van der Waals surface area (Å²) in [6.45, 7) is 10.6. The number of phenolic OH excluding ortho intramolecular Hbond substituents is 1. The van der Waals surface area contributed by atoms with E-state index in [1.807, 2.05) is 25.7 Å². The zero-order valence-electron chi connectivity index (χ0n) is 23.3. The zero-order chi connectivity index (χ0) is 29.9. The predicted octanol–water partition coefficient (Wildman–Crippen LogP) is 4.23. The molecule has 0 saturated carbocycles. The topological polar surface area (TPSA) is 114 Å². The van der Waals surface area contributed by atoms with E-state index >= 15 is 4.39 Å². The van der Waals surface area contributed by atoms with Crippen LogP contribution in [0.1, 0.15) is 26.5 Å². The van der Waals surface area contributed by atoms with Crippen molar-refractivity contribution < 1.29 is 19.0 Å². The summed E-state index contributed by atoms with van der Waals surface area (Å²) in [5.41, 5.74) is -0.246. The Labute approximate surface area is 245 Å². The van der Waals surface area contributed by atoms with E-state index in [1.165, 1.54) is 28.8 Å². The molecule has 1 atom stereocenters. The third-order valence-electron chi connectivity index (χ3n) is 7.53. The van der Waals surface area contributed by atoms with Crippen molar-refractivity contribution in [3.8, 4) is 28.4 Å². The van der Waals surface area contributed by atoms with Crippen LogP contribution < -0.4 is 15.3 Å². The summed E-state index contributed by atoms with van der Waals surface area (Å²) in [7, 11) is 0. The monoisotopic (exact) mass is 590 g/mol. The first-order valence-electron chi connectivity index (χ1n) is 13.4. The Morgan fingerprint density at radius 1 is 1.21 bits per heavy atom. The second kappa shape index (κ2) is 10.1. The van der Waals surface area contributed by atoms with Gasteiger partial charge in [0.15, 0.2) is 11.4 Å². The number of piperazine rings is 1. The summed E-state index contributed by atoms with van der Waals surface area (Å²) in [5.74, 6) is -0.892.